The Balaban J connectivity index is 0.000000686. The van der Waals surface area contributed by atoms with Gasteiger partial charge >= 0.3 is 30.0 Å². The van der Waals surface area contributed by atoms with Crippen LogP contribution in [0.4, 0.5) is 0 Å². The monoisotopic (exact) mass is 340 g/mol. The first-order valence-corrected chi connectivity index (χ1v) is 12.2. The summed E-state index contributed by atoms with van der Waals surface area (Å²) in [7, 11) is 0. The van der Waals surface area contributed by atoms with Crippen LogP contribution >= 0.6 is 13.6 Å². The summed E-state index contributed by atoms with van der Waals surface area (Å²) in [4.78, 5) is 0. The molecule has 0 atom stereocenters. The average Bonchev–Trinajstić information content (AvgIpc) is 2.41. The third-order valence-electron chi connectivity index (χ3n) is 2.28. The van der Waals surface area contributed by atoms with Crippen LogP contribution in [0.25, 0.3) is 0 Å². The fraction of sp³-hybridized carbons (Fsp3) is 0.143. The van der Waals surface area contributed by atoms with Crippen molar-refractivity contribution in [2.24, 2.45) is 0 Å². The summed E-state index contributed by atoms with van der Waals surface area (Å²) in [6.07, 6.45) is 0. The fourth-order valence-electron chi connectivity index (χ4n) is 1.40. The van der Waals surface area contributed by atoms with Crippen LogP contribution < -0.4 is 4.74 Å². The Morgan fingerprint density at radius 3 is 2.41 bits per heavy atom. The Bertz CT molecular complexity index is 431. The minimum absolute atomic E-state index is 0.611. The van der Waals surface area contributed by atoms with Crippen LogP contribution in [-0.2, 0) is 22.9 Å². The van der Waals surface area contributed by atoms with Crippen LogP contribution in [0.3, 0.4) is 0 Å². The first kappa shape index (κ1) is 14.4. The van der Waals surface area contributed by atoms with Crippen molar-refractivity contribution < 1.29 is 21.1 Å². The first-order chi connectivity index (χ1) is 8.36. The van der Waals surface area contributed by atoms with Gasteiger partial charge in [0.05, 0.1) is 6.61 Å². The molecule has 1 nitrogen and oxygen atoms in total. The topological polar surface area (TPSA) is 9.23 Å². The second-order valence-corrected chi connectivity index (χ2v) is 3.46. The van der Waals surface area contributed by atoms with Gasteiger partial charge in [-0.3, -0.25) is 0 Å². The predicted octanol–water partition coefficient (Wildman–Crippen LogP) is 4.22. The van der Waals surface area contributed by atoms with E-state index in [9.17, 15) is 0 Å². The molecular weight excluding hydrogens is 329 g/mol. The van der Waals surface area contributed by atoms with Gasteiger partial charge in [0.2, 0.25) is 0 Å². The van der Waals surface area contributed by atoms with E-state index in [0.29, 0.717) is 6.61 Å². The number of para-hydroxylation sites is 1. The third kappa shape index (κ3) is 5.01. The number of halogens is 1. The van der Waals surface area contributed by atoms with E-state index in [4.69, 9.17) is 4.74 Å². The molecule has 0 bridgehead atoms. The van der Waals surface area contributed by atoms with Crippen molar-refractivity contribution in [3.8, 4) is 5.75 Å². The van der Waals surface area contributed by atoms with Crippen molar-refractivity contribution in [2.75, 3.05) is 0 Å². The molecule has 0 aliphatic heterocycles. The standard InChI is InChI=1S/C14H13O.BrH.Zn/c1-12-7-5-6-10-14(12)15-11-13-8-3-2-4-9-13;;/h3-10H,11H2,1H3;1H;/q-1;;+2/p-1. The van der Waals surface area contributed by atoms with Crippen LogP contribution in [-0.4, -0.2) is 0 Å². The molecule has 0 saturated carbocycles. The molecule has 2 aromatic rings. The molecule has 0 aliphatic carbocycles. The van der Waals surface area contributed by atoms with Crippen molar-refractivity contribution in [1.82, 2.24) is 0 Å². The van der Waals surface area contributed by atoms with Crippen molar-refractivity contribution in [2.45, 2.75) is 13.5 Å². The number of aryl methyl sites for hydroxylation is 1. The van der Waals surface area contributed by atoms with Crippen LogP contribution in [0.2, 0.25) is 0 Å². The molecule has 2 aromatic carbocycles. The van der Waals surface area contributed by atoms with Gasteiger partial charge in [-0.05, 0) is 18.6 Å². The molecule has 0 amide bonds. The summed E-state index contributed by atoms with van der Waals surface area (Å²) in [5, 5.41) is 0. The summed E-state index contributed by atoms with van der Waals surface area (Å²) >= 11 is 4.25. The molecule has 84 valence electrons. The molecule has 0 fully saturated rings. The van der Waals surface area contributed by atoms with E-state index in [2.05, 4.69) is 19.7 Å². The molecule has 0 unspecified atom stereocenters. The molecule has 0 saturated heterocycles. The van der Waals surface area contributed by atoms with E-state index in [0.717, 1.165) is 11.3 Å². The van der Waals surface area contributed by atoms with Gasteiger partial charge in [-0.15, -0.1) is 5.56 Å². The van der Waals surface area contributed by atoms with E-state index < -0.39 is 0 Å². The van der Waals surface area contributed by atoms with Gasteiger partial charge in [0.25, 0.3) is 0 Å². The predicted molar refractivity (Wildman–Crippen MR) is 69.7 cm³/mol. The fourth-order valence-corrected chi connectivity index (χ4v) is 1.40. The SMILES string of the molecule is Cc1ccccc1OCc1cc[c-]cc1.[Zn+][Br]. The first-order valence-electron chi connectivity index (χ1n) is 5.26. The van der Waals surface area contributed by atoms with E-state index >= 15 is 0 Å². The second kappa shape index (κ2) is 8.44. The Labute approximate surface area is 119 Å². The average molecular weight is 343 g/mol. The number of rotatable bonds is 3. The van der Waals surface area contributed by atoms with Gasteiger partial charge in [-0.2, -0.15) is 30.3 Å². The summed E-state index contributed by atoms with van der Waals surface area (Å²) in [5.74, 6) is 0.949. The van der Waals surface area contributed by atoms with Crippen LogP contribution in [0.15, 0.2) is 48.5 Å². The van der Waals surface area contributed by atoms with Crippen LogP contribution in [0.1, 0.15) is 11.1 Å². The Morgan fingerprint density at radius 2 is 1.76 bits per heavy atom. The summed E-state index contributed by atoms with van der Waals surface area (Å²) in [5.41, 5.74) is 2.33. The molecule has 0 spiro atoms. The van der Waals surface area contributed by atoms with Crippen LogP contribution in [0.5, 0.6) is 5.75 Å². The number of hydrogen-bond donors (Lipinski definition) is 0. The molecule has 3 heteroatoms. The van der Waals surface area contributed by atoms with Crippen LogP contribution in [0, 0.1) is 13.0 Å². The third-order valence-corrected chi connectivity index (χ3v) is 2.28. The second-order valence-electron chi connectivity index (χ2n) is 3.46. The van der Waals surface area contributed by atoms with Crippen molar-refractivity contribution >= 4 is 13.6 Å². The minimum atomic E-state index is 0.611. The summed E-state index contributed by atoms with van der Waals surface area (Å²) < 4.78 is 5.71. The number of ether oxygens (including phenoxy) is 1. The Hall–Kier alpha value is -0.657. The molecule has 0 aliphatic rings. The number of benzene rings is 2. The Morgan fingerprint density at radius 1 is 1.12 bits per heavy atom. The van der Waals surface area contributed by atoms with Crippen molar-refractivity contribution in [3.63, 3.8) is 0 Å². The van der Waals surface area contributed by atoms with E-state index in [-0.39, 0.29) is 0 Å². The van der Waals surface area contributed by atoms with Crippen molar-refractivity contribution in [3.05, 3.63) is 65.7 Å². The van der Waals surface area contributed by atoms with Gasteiger partial charge in [0, 0.05) is 0 Å². The zero-order valence-electron chi connectivity index (χ0n) is 9.82. The molecule has 0 N–H and O–H groups in total. The van der Waals surface area contributed by atoms with Gasteiger partial charge in [-0.25, -0.2) is 0 Å². The molecule has 0 radical (unpaired) electrons. The van der Waals surface area contributed by atoms with Crippen molar-refractivity contribution in [1.29, 1.82) is 0 Å². The van der Waals surface area contributed by atoms with E-state index in [1.165, 1.54) is 21.9 Å². The maximum atomic E-state index is 5.71. The summed E-state index contributed by atoms with van der Waals surface area (Å²) in [6, 6.07) is 18.9. The maximum absolute atomic E-state index is 5.71. The summed E-state index contributed by atoms with van der Waals surface area (Å²) in [6.45, 7) is 2.66. The van der Waals surface area contributed by atoms with Gasteiger partial charge in [0.1, 0.15) is 5.75 Å². The molecule has 0 heterocycles. The van der Waals surface area contributed by atoms with Gasteiger partial charge in [0.15, 0.2) is 0 Å². The number of hydrogen-bond acceptors (Lipinski definition) is 1. The quantitative estimate of drug-likeness (QED) is 0.599. The van der Waals surface area contributed by atoms with Gasteiger partial charge in [-0.1, -0.05) is 18.2 Å². The van der Waals surface area contributed by atoms with E-state index in [1.54, 1.807) is 0 Å². The molecule has 0 aromatic heterocycles. The molecular formula is C14H13BrOZn. The van der Waals surface area contributed by atoms with E-state index in [1.807, 2.05) is 55.5 Å². The zero-order valence-corrected chi connectivity index (χ0v) is 14.4. The normalized spacial score (nSPS) is 9.18. The molecule has 17 heavy (non-hydrogen) atoms. The Kier molecular flexibility index (Phi) is 7.15. The van der Waals surface area contributed by atoms with Gasteiger partial charge < -0.3 is 4.74 Å². The zero-order chi connectivity index (χ0) is 12.5. The molecule has 2 rings (SSSR count).